The third-order valence-corrected chi connectivity index (χ3v) is 3.29. The number of anilines is 2. The Morgan fingerprint density at radius 2 is 2.24 bits per heavy atom. The van der Waals surface area contributed by atoms with Gasteiger partial charge in [0.15, 0.2) is 0 Å². The average molecular weight is 258 g/mol. The number of hydrogen-bond donors (Lipinski definition) is 2. The number of nitrogens with two attached hydrogens (primary N) is 2. The summed E-state index contributed by atoms with van der Waals surface area (Å²) < 4.78 is 13.1. The molecule has 2 rings (SSSR count). The molecule has 1 aromatic carbocycles. The fourth-order valence-electron chi connectivity index (χ4n) is 2.04. The van der Waals surface area contributed by atoms with Gasteiger partial charge in [0.1, 0.15) is 5.82 Å². The van der Waals surface area contributed by atoms with Gasteiger partial charge in [-0.1, -0.05) is 11.6 Å². The first-order valence-corrected chi connectivity index (χ1v) is 5.65. The van der Waals surface area contributed by atoms with Crippen molar-refractivity contribution in [3.63, 3.8) is 0 Å². The van der Waals surface area contributed by atoms with Gasteiger partial charge in [-0.2, -0.15) is 0 Å². The van der Waals surface area contributed by atoms with Crippen LogP contribution in [0.4, 0.5) is 15.8 Å². The van der Waals surface area contributed by atoms with Crippen molar-refractivity contribution in [2.75, 3.05) is 23.7 Å². The van der Waals surface area contributed by atoms with Crippen LogP contribution in [0.3, 0.4) is 0 Å². The largest absolute Gasteiger partial charge is 0.397 e. The van der Waals surface area contributed by atoms with Crippen LogP contribution < -0.4 is 16.4 Å². The average Bonchev–Trinajstić information content (AvgIpc) is 2.72. The van der Waals surface area contributed by atoms with Crippen molar-refractivity contribution in [3.05, 3.63) is 23.0 Å². The van der Waals surface area contributed by atoms with Crippen LogP contribution in [0.2, 0.25) is 5.02 Å². The van der Waals surface area contributed by atoms with Gasteiger partial charge in [-0.05, 0) is 12.5 Å². The first-order valence-electron chi connectivity index (χ1n) is 5.28. The summed E-state index contributed by atoms with van der Waals surface area (Å²) in [5.41, 5.74) is 12.0. The Morgan fingerprint density at radius 1 is 1.53 bits per heavy atom. The number of amides is 1. The first-order chi connectivity index (χ1) is 7.99. The molecule has 1 aromatic rings. The Morgan fingerprint density at radius 3 is 2.82 bits per heavy atom. The topological polar surface area (TPSA) is 72.4 Å². The number of carbonyl (C=O) groups is 1. The zero-order chi connectivity index (χ0) is 12.6. The number of nitrogen functional groups attached to an aromatic ring is 1. The number of halogens is 2. The third-order valence-electron chi connectivity index (χ3n) is 3.00. The maximum Gasteiger partial charge on any atom is 0.222 e. The zero-order valence-corrected chi connectivity index (χ0v) is 9.88. The number of nitrogens with zero attached hydrogens (tertiary/aromatic N) is 1. The highest BCUT2D eigenvalue weighted by Crippen LogP contribution is 2.32. The summed E-state index contributed by atoms with van der Waals surface area (Å²) in [5, 5.41) is 0.0247. The van der Waals surface area contributed by atoms with E-state index in [9.17, 15) is 9.18 Å². The number of primary amides is 1. The van der Waals surface area contributed by atoms with Crippen LogP contribution in [-0.2, 0) is 4.79 Å². The minimum Gasteiger partial charge on any atom is -0.397 e. The van der Waals surface area contributed by atoms with E-state index < -0.39 is 5.82 Å². The van der Waals surface area contributed by atoms with E-state index in [1.165, 1.54) is 12.1 Å². The van der Waals surface area contributed by atoms with Gasteiger partial charge in [-0.3, -0.25) is 4.79 Å². The van der Waals surface area contributed by atoms with E-state index >= 15 is 0 Å². The van der Waals surface area contributed by atoms with Crippen molar-refractivity contribution < 1.29 is 9.18 Å². The molecule has 0 aliphatic carbocycles. The molecular formula is C11H13ClFN3O. The van der Waals surface area contributed by atoms with Crippen molar-refractivity contribution in [3.8, 4) is 0 Å². The second-order valence-corrected chi connectivity index (χ2v) is 4.57. The van der Waals surface area contributed by atoms with Crippen molar-refractivity contribution in [1.29, 1.82) is 0 Å². The summed E-state index contributed by atoms with van der Waals surface area (Å²) in [6, 6.07) is 2.67. The molecule has 1 saturated heterocycles. The second-order valence-electron chi connectivity index (χ2n) is 4.16. The molecule has 4 nitrogen and oxygen atoms in total. The highest BCUT2D eigenvalue weighted by atomic mass is 35.5. The summed E-state index contributed by atoms with van der Waals surface area (Å²) in [6.07, 6.45) is 0.684. The van der Waals surface area contributed by atoms with Crippen molar-refractivity contribution in [2.24, 2.45) is 11.7 Å². The molecule has 1 unspecified atom stereocenters. The predicted molar refractivity (Wildman–Crippen MR) is 65.3 cm³/mol. The number of carbonyl (C=O) groups excluding carboxylic acids is 1. The number of rotatable bonds is 2. The van der Waals surface area contributed by atoms with Crippen LogP contribution in [-0.4, -0.2) is 19.0 Å². The van der Waals surface area contributed by atoms with E-state index in [1.54, 1.807) is 0 Å². The van der Waals surface area contributed by atoms with Crippen LogP contribution in [0.15, 0.2) is 12.1 Å². The van der Waals surface area contributed by atoms with Crippen LogP contribution in [0.5, 0.6) is 0 Å². The lowest BCUT2D eigenvalue weighted by atomic mass is 10.1. The van der Waals surface area contributed by atoms with E-state index in [0.29, 0.717) is 30.9 Å². The molecule has 92 valence electrons. The van der Waals surface area contributed by atoms with Gasteiger partial charge in [0.05, 0.1) is 22.3 Å². The van der Waals surface area contributed by atoms with Gasteiger partial charge in [0.25, 0.3) is 0 Å². The van der Waals surface area contributed by atoms with Gasteiger partial charge in [0, 0.05) is 19.2 Å². The van der Waals surface area contributed by atoms with E-state index in [0.717, 1.165) is 0 Å². The normalized spacial score (nSPS) is 19.6. The molecule has 1 aliphatic rings. The minimum atomic E-state index is -0.543. The predicted octanol–water partition coefficient (Wildman–Crippen LogP) is 1.37. The summed E-state index contributed by atoms with van der Waals surface area (Å²) in [4.78, 5) is 13.0. The van der Waals surface area contributed by atoms with E-state index in [-0.39, 0.29) is 16.8 Å². The Hall–Kier alpha value is -1.49. The lowest BCUT2D eigenvalue weighted by molar-refractivity contribution is -0.121. The van der Waals surface area contributed by atoms with Gasteiger partial charge < -0.3 is 16.4 Å². The molecule has 17 heavy (non-hydrogen) atoms. The van der Waals surface area contributed by atoms with E-state index in [4.69, 9.17) is 23.1 Å². The standard InChI is InChI=1S/C11H13ClFN3O/c12-7-3-10(9(14)4-8(7)13)16-2-1-6(5-16)11(15)17/h3-4,6H,1-2,5,14H2,(H2,15,17). The zero-order valence-electron chi connectivity index (χ0n) is 9.12. The molecule has 1 atom stereocenters. The van der Waals surface area contributed by atoms with E-state index in [2.05, 4.69) is 0 Å². The fraction of sp³-hybridized carbons (Fsp3) is 0.364. The smallest absolute Gasteiger partial charge is 0.222 e. The first kappa shape index (κ1) is 12.0. The fourth-order valence-corrected chi connectivity index (χ4v) is 2.19. The third kappa shape index (κ3) is 2.29. The van der Waals surface area contributed by atoms with Crippen molar-refractivity contribution in [2.45, 2.75) is 6.42 Å². The SMILES string of the molecule is NC(=O)C1CCN(c2cc(Cl)c(F)cc2N)C1. The molecule has 6 heteroatoms. The van der Waals surface area contributed by atoms with Crippen LogP contribution in [0, 0.1) is 11.7 Å². The molecule has 0 radical (unpaired) electrons. The molecule has 1 aliphatic heterocycles. The van der Waals surface area contributed by atoms with Gasteiger partial charge in [-0.25, -0.2) is 4.39 Å². The van der Waals surface area contributed by atoms with Crippen LogP contribution >= 0.6 is 11.6 Å². The van der Waals surface area contributed by atoms with Gasteiger partial charge in [-0.15, -0.1) is 0 Å². The lowest BCUT2D eigenvalue weighted by Crippen LogP contribution is -2.27. The van der Waals surface area contributed by atoms with Gasteiger partial charge in [0.2, 0.25) is 5.91 Å². The van der Waals surface area contributed by atoms with Crippen molar-refractivity contribution in [1.82, 2.24) is 0 Å². The van der Waals surface area contributed by atoms with E-state index in [1.807, 2.05) is 4.90 Å². The Bertz CT molecular complexity index is 466. The summed E-state index contributed by atoms with van der Waals surface area (Å²) in [5.74, 6) is -1.05. The molecule has 0 saturated carbocycles. The summed E-state index contributed by atoms with van der Waals surface area (Å²) in [6.45, 7) is 1.17. The Balaban J connectivity index is 2.24. The lowest BCUT2D eigenvalue weighted by Gasteiger charge is -2.20. The van der Waals surface area contributed by atoms with Gasteiger partial charge >= 0.3 is 0 Å². The number of benzene rings is 1. The summed E-state index contributed by atoms with van der Waals surface area (Å²) >= 11 is 5.71. The molecule has 0 bridgehead atoms. The highest BCUT2D eigenvalue weighted by Gasteiger charge is 2.28. The highest BCUT2D eigenvalue weighted by molar-refractivity contribution is 6.31. The molecule has 1 heterocycles. The second kappa shape index (κ2) is 4.41. The molecule has 1 fully saturated rings. The maximum absolute atomic E-state index is 13.1. The quantitative estimate of drug-likeness (QED) is 0.786. The van der Waals surface area contributed by atoms with Crippen molar-refractivity contribution >= 4 is 28.9 Å². The molecule has 1 amide bonds. The molecule has 0 spiro atoms. The summed E-state index contributed by atoms with van der Waals surface area (Å²) in [7, 11) is 0. The molecule has 4 N–H and O–H groups in total. The Labute approximate surface area is 103 Å². The molecule has 0 aromatic heterocycles. The maximum atomic E-state index is 13.1. The monoisotopic (exact) mass is 257 g/mol. The van der Waals surface area contributed by atoms with Crippen LogP contribution in [0.25, 0.3) is 0 Å². The minimum absolute atomic E-state index is 0.0247. The van der Waals surface area contributed by atoms with Crippen LogP contribution in [0.1, 0.15) is 6.42 Å². The number of hydrogen-bond acceptors (Lipinski definition) is 3. The molecular weight excluding hydrogens is 245 g/mol. The Kier molecular flexibility index (Phi) is 3.11.